The molecule has 0 aliphatic carbocycles. The second-order valence-electron chi connectivity index (χ2n) is 5.14. The zero-order valence-electron chi connectivity index (χ0n) is 11.5. The number of rotatable bonds is 6. The minimum Gasteiger partial charge on any atom is -0.330 e. The van der Waals surface area contributed by atoms with Crippen molar-refractivity contribution in [2.45, 2.75) is 39.2 Å². The lowest BCUT2D eigenvalue weighted by atomic mass is 9.90. The molecule has 2 unspecified atom stereocenters. The molecule has 0 aliphatic rings. The van der Waals surface area contributed by atoms with Crippen molar-refractivity contribution in [1.82, 2.24) is 5.32 Å². The van der Waals surface area contributed by atoms with Crippen LogP contribution in [-0.4, -0.2) is 13.6 Å². The molecule has 0 aliphatic heterocycles. The van der Waals surface area contributed by atoms with Crippen molar-refractivity contribution in [1.29, 1.82) is 0 Å². The molecule has 2 nitrogen and oxygen atoms in total. The Morgan fingerprint density at radius 2 is 1.59 bits per heavy atom. The van der Waals surface area contributed by atoms with Gasteiger partial charge in [0.25, 0.3) is 0 Å². The van der Waals surface area contributed by atoms with Crippen LogP contribution in [0.25, 0.3) is 0 Å². The molecule has 3 N–H and O–H groups in total. The van der Waals surface area contributed by atoms with E-state index in [0.29, 0.717) is 17.9 Å². The van der Waals surface area contributed by atoms with Crippen LogP contribution in [-0.2, 0) is 0 Å². The molecule has 0 fully saturated rings. The lowest BCUT2D eigenvalue weighted by molar-refractivity contribution is 0.392. The summed E-state index contributed by atoms with van der Waals surface area (Å²) in [5, 5.41) is 3.40. The van der Waals surface area contributed by atoms with Crippen molar-refractivity contribution >= 4 is 0 Å². The molecular weight excluding hydrogens is 208 g/mol. The monoisotopic (exact) mass is 234 g/mol. The first kappa shape index (κ1) is 14.2. The first-order chi connectivity index (χ1) is 8.10. The lowest BCUT2D eigenvalue weighted by Gasteiger charge is -2.24. The van der Waals surface area contributed by atoms with Gasteiger partial charge in [0.15, 0.2) is 0 Å². The highest BCUT2D eigenvalue weighted by molar-refractivity contribution is 5.27. The van der Waals surface area contributed by atoms with Gasteiger partial charge in [0.05, 0.1) is 0 Å². The Bertz CT molecular complexity index is 316. The summed E-state index contributed by atoms with van der Waals surface area (Å²) < 4.78 is 0. The maximum Gasteiger partial charge on any atom is 0.0343 e. The van der Waals surface area contributed by atoms with Gasteiger partial charge in [-0.3, -0.25) is 0 Å². The van der Waals surface area contributed by atoms with E-state index in [-0.39, 0.29) is 0 Å². The molecule has 0 amide bonds. The van der Waals surface area contributed by atoms with Crippen LogP contribution in [0.15, 0.2) is 24.3 Å². The van der Waals surface area contributed by atoms with Gasteiger partial charge in [-0.2, -0.15) is 0 Å². The summed E-state index contributed by atoms with van der Waals surface area (Å²) >= 11 is 0. The molecule has 2 atom stereocenters. The summed E-state index contributed by atoms with van der Waals surface area (Å²) in [5.41, 5.74) is 8.39. The minimum atomic E-state index is 0.403. The molecule has 0 spiro atoms. The molecule has 0 saturated carbocycles. The van der Waals surface area contributed by atoms with E-state index in [1.54, 1.807) is 0 Å². The molecule has 17 heavy (non-hydrogen) atoms. The van der Waals surface area contributed by atoms with Gasteiger partial charge in [-0.05, 0) is 43.0 Å². The molecule has 1 aromatic rings. The van der Waals surface area contributed by atoms with Crippen LogP contribution in [0.4, 0.5) is 0 Å². The fourth-order valence-electron chi connectivity index (χ4n) is 2.30. The zero-order chi connectivity index (χ0) is 12.8. The third-order valence-electron chi connectivity index (χ3n) is 3.46. The van der Waals surface area contributed by atoms with E-state index >= 15 is 0 Å². The van der Waals surface area contributed by atoms with Crippen LogP contribution in [0, 0.1) is 5.92 Å². The van der Waals surface area contributed by atoms with Gasteiger partial charge in [0.1, 0.15) is 0 Å². The van der Waals surface area contributed by atoms with Gasteiger partial charge in [0, 0.05) is 6.04 Å². The maximum atomic E-state index is 5.64. The fraction of sp³-hybridized carbons (Fsp3) is 0.600. The van der Waals surface area contributed by atoms with Crippen LogP contribution < -0.4 is 11.1 Å². The Morgan fingerprint density at radius 3 is 2.00 bits per heavy atom. The van der Waals surface area contributed by atoms with Crippen molar-refractivity contribution in [3.05, 3.63) is 35.4 Å². The molecule has 0 heterocycles. The highest BCUT2D eigenvalue weighted by Gasteiger charge is 2.16. The van der Waals surface area contributed by atoms with Crippen LogP contribution in [0.2, 0.25) is 0 Å². The summed E-state index contributed by atoms with van der Waals surface area (Å²) in [5.74, 6) is 1.16. The number of hydrogen-bond acceptors (Lipinski definition) is 2. The van der Waals surface area contributed by atoms with Crippen molar-refractivity contribution in [2.75, 3.05) is 13.6 Å². The summed E-state index contributed by atoms with van der Waals surface area (Å²) in [7, 11) is 2.02. The molecular formula is C15H26N2. The van der Waals surface area contributed by atoms with Gasteiger partial charge in [0.2, 0.25) is 0 Å². The first-order valence-electron chi connectivity index (χ1n) is 6.57. The average Bonchev–Trinajstić information content (AvgIpc) is 2.31. The Hall–Kier alpha value is -0.860. The Morgan fingerprint density at radius 1 is 1.06 bits per heavy atom. The third-order valence-corrected chi connectivity index (χ3v) is 3.46. The van der Waals surface area contributed by atoms with Gasteiger partial charge in [-0.1, -0.05) is 45.0 Å². The van der Waals surface area contributed by atoms with Gasteiger partial charge >= 0.3 is 0 Å². The predicted molar refractivity (Wildman–Crippen MR) is 75.2 cm³/mol. The lowest BCUT2D eigenvalue weighted by Crippen LogP contribution is -2.25. The molecule has 2 heteroatoms. The van der Waals surface area contributed by atoms with E-state index in [2.05, 4.69) is 50.4 Å². The van der Waals surface area contributed by atoms with E-state index in [9.17, 15) is 0 Å². The number of hydrogen-bond donors (Lipinski definition) is 2. The third kappa shape index (κ3) is 3.83. The number of benzene rings is 1. The number of nitrogens with two attached hydrogens (primary N) is 1. The SMILES string of the molecule is CNC(c1ccc(C(C)C)cc1)C(C)CCN. The molecule has 96 valence electrons. The summed E-state index contributed by atoms with van der Waals surface area (Å²) in [6.45, 7) is 7.46. The maximum absolute atomic E-state index is 5.64. The molecule has 0 saturated heterocycles. The highest BCUT2D eigenvalue weighted by atomic mass is 14.9. The fourth-order valence-corrected chi connectivity index (χ4v) is 2.30. The molecule has 1 rings (SSSR count). The Labute approximate surface area is 106 Å². The van der Waals surface area contributed by atoms with E-state index in [1.807, 2.05) is 7.05 Å². The topological polar surface area (TPSA) is 38.0 Å². The van der Waals surface area contributed by atoms with Crippen LogP contribution in [0.1, 0.15) is 50.3 Å². The second-order valence-corrected chi connectivity index (χ2v) is 5.14. The van der Waals surface area contributed by atoms with E-state index in [1.165, 1.54) is 11.1 Å². The molecule has 0 bridgehead atoms. The first-order valence-corrected chi connectivity index (χ1v) is 6.57. The van der Waals surface area contributed by atoms with Crippen LogP contribution in [0.3, 0.4) is 0 Å². The van der Waals surface area contributed by atoms with Crippen LogP contribution >= 0.6 is 0 Å². The predicted octanol–water partition coefficient (Wildman–Crippen LogP) is 3.06. The summed E-state index contributed by atoms with van der Waals surface area (Å²) in [6, 6.07) is 9.35. The van der Waals surface area contributed by atoms with Crippen molar-refractivity contribution in [3.63, 3.8) is 0 Å². The van der Waals surface area contributed by atoms with Gasteiger partial charge < -0.3 is 11.1 Å². The number of nitrogens with one attached hydrogen (secondary N) is 1. The Balaban J connectivity index is 2.82. The normalized spacial score (nSPS) is 14.9. The Kier molecular flexibility index (Phi) is 5.66. The quantitative estimate of drug-likeness (QED) is 0.794. The zero-order valence-corrected chi connectivity index (χ0v) is 11.5. The molecule has 0 radical (unpaired) electrons. The van der Waals surface area contributed by atoms with Gasteiger partial charge in [-0.15, -0.1) is 0 Å². The second kappa shape index (κ2) is 6.77. The van der Waals surface area contributed by atoms with Crippen molar-refractivity contribution in [2.24, 2.45) is 11.7 Å². The average molecular weight is 234 g/mol. The molecule has 1 aromatic carbocycles. The highest BCUT2D eigenvalue weighted by Crippen LogP contribution is 2.25. The van der Waals surface area contributed by atoms with Gasteiger partial charge in [-0.25, -0.2) is 0 Å². The smallest absolute Gasteiger partial charge is 0.0343 e. The van der Waals surface area contributed by atoms with Crippen LogP contribution in [0.5, 0.6) is 0 Å². The van der Waals surface area contributed by atoms with Crippen molar-refractivity contribution < 1.29 is 0 Å². The summed E-state index contributed by atoms with van der Waals surface area (Å²) in [4.78, 5) is 0. The van der Waals surface area contributed by atoms with Crippen molar-refractivity contribution in [3.8, 4) is 0 Å². The minimum absolute atomic E-state index is 0.403. The molecule has 0 aromatic heterocycles. The largest absolute Gasteiger partial charge is 0.330 e. The van der Waals surface area contributed by atoms with E-state index in [4.69, 9.17) is 5.73 Å². The van der Waals surface area contributed by atoms with E-state index < -0.39 is 0 Å². The van der Waals surface area contributed by atoms with E-state index in [0.717, 1.165) is 13.0 Å². The summed E-state index contributed by atoms with van der Waals surface area (Å²) in [6.07, 6.45) is 1.05. The standard InChI is InChI=1S/C15H26N2/c1-11(2)13-5-7-14(8-6-13)15(17-4)12(3)9-10-16/h5-8,11-12,15,17H,9-10,16H2,1-4H3.